The maximum Gasteiger partial charge on any atom is 0.0947 e. The predicted molar refractivity (Wildman–Crippen MR) is 32.7 cm³/mol. The highest BCUT2D eigenvalue weighted by Gasteiger charge is 1.98. The van der Waals surface area contributed by atoms with Crippen LogP contribution in [0.1, 0.15) is 18.7 Å². The average molecular weight is 124 g/mol. The molecule has 1 N–H and O–H groups in total. The average Bonchev–Trinajstić information content (AvgIpc) is 1.90. The molecule has 1 rings (SSSR count). The third-order valence-corrected chi connectivity index (χ3v) is 1.01. The summed E-state index contributed by atoms with van der Waals surface area (Å²) in [6, 6.07) is 0. The fourth-order valence-electron chi connectivity index (χ4n) is 0.526. The minimum Gasteiger partial charge on any atom is -0.387 e. The molecular formula is C6H8N2O. The lowest BCUT2D eigenvalue weighted by Crippen LogP contribution is -1.94. The molecule has 1 atom stereocenters. The molecule has 0 bridgehead atoms. The Labute approximate surface area is 53.4 Å². The van der Waals surface area contributed by atoms with Crippen LogP contribution in [0, 0.1) is 0 Å². The highest BCUT2D eigenvalue weighted by atomic mass is 16.3. The van der Waals surface area contributed by atoms with Crippen LogP contribution < -0.4 is 0 Å². The summed E-state index contributed by atoms with van der Waals surface area (Å²) in [6.45, 7) is 1.66. The van der Waals surface area contributed by atoms with Crippen molar-refractivity contribution in [2.75, 3.05) is 0 Å². The van der Waals surface area contributed by atoms with E-state index in [2.05, 4.69) is 9.97 Å². The van der Waals surface area contributed by atoms with E-state index < -0.39 is 6.10 Å². The number of aliphatic hydroxyl groups excluding tert-OH is 1. The van der Waals surface area contributed by atoms with Gasteiger partial charge in [0, 0.05) is 12.4 Å². The summed E-state index contributed by atoms with van der Waals surface area (Å²) in [4.78, 5) is 7.65. The molecule has 0 saturated carbocycles. The summed E-state index contributed by atoms with van der Waals surface area (Å²) in [5, 5.41) is 8.92. The van der Waals surface area contributed by atoms with Crippen LogP contribution in [0.2, 0.25) is 0 Å². The van der Waals surface area contributed by atoms with Crippen LogP contribution in [-0.2, 0) is 0 Å². The van der Waals surface area contributed by atoms with Gasteiger partial charge in [-0.05, 0) is 6.92 Å². The lowest BCUT2D eigenvalue weighted by molar-refractivity contribution is 0.194. The zero-order valence-corrected chi connectivity index (χ0v) is 5.15. The zero-order chi connectivity index (χ0) is 6.69. The number of nitrogens with zero attached hydrogens (tertiary/aromatic N) is 2. The Balaban J connectivity index is 2.85. The predicted octanol–water partition coefficient (Wildman–Crippen LogP) is 0.530. The van der Waals surface area contributed by atoms with Gasteiger partial charge in [0.05, 0.1) is 18.0 Å². The normalized spacial score (nSPS) is 13.1. The molecule has 0 unspecified atom stereocenters. The number of rotatable bonds is 1. The molecule has 1 aromatic rings. The molecule has 0 amide bonds. The van der Waals surface area contributed by atoms with E-state index in [1.807, 2.05) is 0 Å². The van der Waals surface area contributed by atoms with E-state index in [0.717, 1.165) is 0 Å². The smallest absolute Gasteiger partial charge is 0.0947 e. The van der Waals surface area contributed by atoms with E-state index in [0.29, 0.717) is 5.69 Å². The van der Waals surface area contributed by atoms with E-state index in [1.165, 1.54) is 0 Å². The summed E-state index contributed by atoms with van der Waals surface area (Å²) in [5.41, 5.74) is 0.609. The Morgan fingerprint density at radius 1 is 1.56 bits per heavy atom. The molecule has 3 heteroatoms. The van der Waals surface area contributed by atoms with Gasteiger partial charge in [-0.3, -0.25) is 9.97 Å². The van der Waals surface area contributed by atoms with Gasteiger partial charge in [0.15, 0.2) is 0 Å². The second-order valence-electron chi connectivity index (χ2n) is 1.81. The summed E-state index contributed by atoms with van der Waals surface area (Å²) >= 11 is 0. The number of aromatic nitrogens is 2. The van der Waals surface area contributed by atoms with E-state index >= 15 is 0 Å². The van der Waals surface area contributed by atoms with Gasteiger partial charge in [-0.2, -0.15) is 0 Å². The first-order valence-corrected chi connectivity index (χ1v) is 2.74. The zero-order valence-electron chi connectivity index (χ0n) is 5.15. The Morgan fingerprint density at radius 2 is 2.33 bits per heavy atom. The molecule has 3 nitrogen and oxygen atoms in total. The second-order valence-corrected chi connectivity index (χ2v) is 1.81. The summed E-state index contributed by atoms with van der Waals surface area (Å²) in [6.07, 6.45) is 4.16. The van der Waals surface area contributed by atoms with Crippen molar-refractivity contribution in [3.63, 3.8) is 0 Å². The molecular weight excluding hydrogens is 116 g/mol. The van der Waals surface area contributed by atoms with Gasteiger partial charge >= 0.3 is 0 Å². The van der Waals surface area contributed by atoms with Crippen molar-refractivity contribution in [1.29, 1.82) is 0 Å². The summed E-state index contributed by atoms with van der Waals surface area (Å²) in [5.74, 6) is 0. The first-order valence-electron chi connectivity index (χ1n) is 2.74. The van der Waals surface area contributed by atoms with Crippen LogP contribution in [0.4, 0.5) is 0 Å². The van der Waals surface area contributed by atoms with Crippen molar-refractivity contribution < 1.29 is 5.11 Å². The maximum atomic E-state index is 8.92. The van der Waals surface area contributed by atoms with Gasteiger partial charge in [-0.1, -0.05) is 0 Å². The minimum atomic E-state index is -0.515. The molecule has 1 heterocycles. The highest BCUT2D eigenvalue weighted by Crippen LogP contribution is 2.03. The summed E-state index contributed by atoms with van der Waals surface area (Å²) in [7, 11) is 0. The summed E-state index contributed by atoms with van der Waals surface area (Å²) < 4.78 is 0. The van der Waals surface area contributed by atoms with E-state index in [9.17, 15) is 0 Å². The fourth-order valence-corrected chi connectivity index (χ4v) is 0.526. The number of hydrogen-bond acceptors (Lipinski definition) is 3. The van der Waals surface area contributed by atoms with Crippen LogP contribution in [0.25, 0.3) is 0 Å². The molecule has 0 aliphatic rings. The van der Waals surface area contributed by atoms with Gasteiger partial charge in [0.2, 0.25) is 0 Å². The van der Waals surface area contributed by atoms with Crippen molar-refractivity contribution >= 4 is 0 Å². The molecule has 1 aromatic heterocycles. The Kier molecular flexibility index (Phi) is 1.75. The SMILES string of the molecule is C[C@@H](O)c1cnccn1. The maximum absolute atomic E-state index is 8.92. The van der Waals surface area contributed by atoms with Gasteiger partial charge < -0.3 is 5.11 Å². The van der Waals surface area contributed by atoms with E-state index in [-0.39, 0.29) is 0 Å². The van der Waals surface area contributed by atoms with Crippen LogP contribution in [-0.4, -0.2) is 15.1 Å². The van der Waals surface area contributed by atoms with Crippen molar-refractivity contribution in [1.82, 2.24) is 9.97 Å². The molecule has 0 saturated heterocycles. The standard InChI is InChI=1S/C6H8N2O/c1-5(9)6-4-7-2-3-8-6/h2-5,9H,1H3/t5-/m1/s1. The van der Waals surface area contributed by atoms with Gasteiger partial charge in [0.1, 0.15) is 0 Å². The molecule has 0 aromatic carbocycles. The molecule has 0 aliphatic carbocycles. The topological polar surface area (TPSA) is 46.0 Å². The quantitative estimate of drug-likeness (QED) is 0.594. The van der Waals surface area contributed by atoms with Gasteiger partial charge in [-0.15, -0.1) is 0 Å². The molecule has 48 valence electrons. The second kappa shape index (κ2) is 2.55. The lowest BCUT2D eigenvalue weighted by Gasteiger charge is -1.98. The van der Waals surface area contributed by atoms with Crippen molar-refractivity contribution in [3.05, 3.63) is 24.3 Å². The molecule has 0 aliphatic heterocycles. The first kappa shape index (κ1) is 6.16. The Bertz CT molecular complexity index is 174. The van der Waals surface area contributed by atoms with E-state index in [1.54, 1.807) is 25.5 Å². The van der Waals surface area contributed by atoms with Crippen molar-refractivity contribution in [3.8, 4) is 0 Å². The van der Waals surface area contributed by atoms with Gasteiger partial charge in [0.25, 0.3) is 0 Å². The van der Waals surface area contributed by atoms with E-state index in [4.69, 9.17) is 5.11 Å². The minimum absolute atomic E-state index is 0.515. The molecule has 0 fully saturated rings. The van der Waals surface area contributed by atoms with Crippen LogP contribution in [0.5, 0.6) is 0 Å². The third kappa shape index (κ3) is 1.47. The Hall–Kier alpha value is -0.960. The van der Waals surface area contributed by atoms with Crippen molar-refractivity contribution in [2.24, 2.45) is 0 Å². The first-order chi connectivity index (χ1) is 4.30. The third-order valence-electron chi connectivity index (χ3n) is 1.01. The molecule has 0 spiro atoms. The van der Waals surface area contributed by atoms with Crippen LogP contribution in [0.15, 0.2) is 18.6 Å². The molecule has 9 heavy (non-hydrogen) atoms. The monoisotopic (exact) mass is 124 g/mol. The van der Waals surface area contributed by atoms with Crippen LogP contribution in [0.3, 0.4) is 0 Å². The Morgan fingerprint density at radius 3 is 2.67 bits per heavy atom. The molecule has 0 radical (unpaired) electrons. The van der Waals surface area contributed by atoms with Crippen molar-refractivity contribution in [2.45, 2.75) is 13.0 Å². The van der Waals surface area contributed by atoms with Crippen LogP contribution >= 0.6 is 0 Å². The lowest BCUT2D eigenvalue weighted by atomic mass is 10.3. The number of aliphatic hydroxyl groups is 1. The fraction of sp³-hybridized carbons (Fsp3) is 0.333. The largest absolute Gasteiger partial charge is 0.387 e. The number of hydrogen-bond donors (Lipinski definition) is 1. The highest BCUT2D eigenvalue weighted by molar-refractivity contribution is 4.96. The van der Waals surface area contributed by atoms with Gasteiger partial charge in [-0.25, -0.2) is 0 Å².